The van der Waals surface area contributed by atoms with Crippen molar-refractivity contribution >= 4 is 18.0 Å². The van der Waals surface area contributed by atoms with Crippen LogP contribution in [0.15, 0.2) is 48.5 Å². The molecule has 0 fully saturated rings. The largest absolute Gasteiger partial charge is 0.480 e. The van der Waals surface area contributed by atoms with Gasteiger partial charge in [0.15, 0.2) is 0 Å². The van der Waals surface area contributed by atoms with Gasteiger partial charge in [-0.15, -0.1) is 0 Å². The van der Waals surface area contributed by atoms with E-state index in [4.69, 9.17) is 9.47 Å². The van der Waals surface area contributed by atoms with Crippen LogP contribution in [-0.4, -0.2) is 55.0 Å². The zero-order valence-electron chi connectivity index (χ0n) is 19.2. The summed E-state index contributed by atoms with van der Waals surface area (Å²) in [5, 5.41) is 14.4. The van der Waals surface area contributed by atoms with E-state index in [2.05, 4.69) is 10.6 Å². The summed E-state index contributed by atoms with van der Waals surface area (Å²) in [5.41, 5.74) is 4.38. The molecule has 3 rings (SSSR count). The van der Waals surface area contributed by atoms with E-state index in [-0.39, 0.29) is 18.4 Å². The van der Waals surface area contributed by atoms with E-state index in [0.29, 0.717) is 0 Å². The molecule has 0 saturated heterocycles. The number of alkyl carbamates (subject to hydrolysis) is 1. The Hall–Kier alpha value is -3.39. The number of benzene rings is 2. The van der Waals surface area contributed by atoms with Crippen LogP contribution in [-0.2, 0) is 19.1 Å². The van der Waals surface area contributed by atoms with Gasteiger partial charge in [-0.2, -0.15) is 0 Å². The van der Waals surface area contributed by atoms with Gasteiger partial charge in [-0.3, -0.25) is 4.79 Å². The smallest absolute Gasteiger partial charge is 0.407 e. The maximum Gasteiger partial charge on any atom is 0.407 e. The van der Waals surface area contributed by atoms with Crippen molar-refractivity contribution in [1.82, 2.24) is 10.6 Å². The number of amides is 2. The van der Waals surface area contributed by atoms with E-state index >= 15 is 0 Å². The molecule has 0 aliphatic heterocycles. The van der Waals surface area contributed by atoms with Gasteiger partial charge in [0.25, 0.3) is 0 Å². The maximum absolute atomic E-state index is 12.8. The predicted molar refractivity (Wildman–Crippen MR) is 123 cm³/mol. The summed E-state index contributed by atoms with van der Waals surface area (Å²) in [7, 11) is 1.40. The minimum atomic E-state index is -1.15. The Morgan fingerprint density at radius 3 is 1.94 bits per heavy atom. The summed E-state index contributed by atoms with van der Waals surface area (Å²) >= 11 is 0. The number of nitrogens with one attached hydrogen (secondary N) is 2. The molecule has 3 unspecified atom stereocenters. The molecule has 2 aromatic carbocycles. The zero-order chi connectivity index (χ0) is 24.1. The average molecular weight is 455 g/mol. The SMILES string of the molecule is COC(C)C(NC(=O)OCC1c2ccccc2-c2ccccc21)C(=O)NC(C(=O)O)C(C)C. The van der Waals surface area contributed by atoms with E-state index in [0.717, 1.165) is 22.3 Å². The number of hydrogen-bond donors (Lipinski definition) is 3. The summed E-state index contributed by atoms with van der Waals surface area (Å²) in [6.07, 6.45) is -1.48. The molecule has 0 saturated carbocycles. The highest BCUT2D eigenvalue weighted by molar-refractivity contribution is 5.90. The van der Waals surface area contributed by atoms with Crippen molar-refractivity contribution in [3.05, 3.63) is 59.7 Å². The van der Waals surface area contributed by atoms with Crippen LogP contribution in [0, 0.1) is 5.92 Å². The van der Waals surface area contributed by atoms with Crippen LogP contribution in [0.1, 0.15) is 37.8 Å². The third-order valence-electron chi connectivity index (χ3n) is 5.97. The van der Waals surface area contributed by atoms with E-state index in [1.165, 1.54) is 7.11 Å². The molecule has 0 aromatic heterocycles. The topological polar surface area (TPSA) is 114 Å². The lowest BCUT2D eigenvalue weighted by molar-refractivity contribution is -0.144. The standard InChI is InChI=1S/C25H30N2O6/c1-14(2)21(24(29)30)26-23(28)22(15(3)32-4)27-25(31)33-13-20-18-11-7-5-9-16(18)17-10-6-8-12-19(17)20/h5-12,14-15,20-22H,13H2,1-4H3,(H,26,28)(H,27,31)(H,29,30). The second-order valence-corrected chi connectivity index (χ2v) is 8.46. The number of carbonyl (C=O) groups is 3. The molecule has 0 bridgehead atoms. The number of carboxylic acid groups (broad SMARTS) is 1. The highest BCUT2D eigenvalue weighted by Crippen LogP contribution is 2.44. The lowest BCUT2D eigenvalue weighted by Gasteiger charge is -2.26. The number of carboxylic acids is 1. The highest BCUT2D eigenvalue weighted by atomic mass is 16.5. The van der Waals surface area contributed by atoms with Gasteiger partial charge >= 0.3 is 12.1 Å². The Bertz CT molecular complexity index is 976. The molecule has 176 valence electrons. The monoisotopic (exact) mass is 454 g/mol. The van der Waals surface area contributed by atoms with Crippen molar-refractivity contribution in [2.75, 3.05) is 13.7 Å². The van der Waals surface area contributed by atoms with Crippen LogP contribution in [0.25, 0.3) is 11.1 Å². The summed E-state index contributed by atoms with van der Waals surface area (Å²) < 4.78 is 10.7. The van der Waals surface area contributed by atoms with Gasteiger partial charge in [-0.1, -0.05) is 62.4 Å². The average Bonchev–Trinajstić information content (AvgIpc) is 3.12. The summed E-state index contributed by atoms with van der Waals surface area (Å²) in [6.45, 7) is 5.08. The van der Waals surface area contributed by atoms with Gasteiger partial charge in [0.1, 0.15) is 18.7 Å². The number of carbonyl (C=O) groups excluding carboxylic acids is 2. The van der Waals surface area contributed by atoms with Gasteiger partial charge in [0, 0.05) is 13.0 Å². The number of rotatable bonds is 9. The molecular formula is C25H30N2O6. The summed E-state index contributed by atoms with van der Waals surface area (Å²) in [6, 6.07) is 13.8. The highest BCUT2D eigenvalue weighted by Gasteiger charge is 2.33. The Morgan fingerprint density at radius 2 is 1.45 bits per heavy atom. The molecule has 3 atom stereocenters. The first kappa shape index (κ1) is 24.3. The number of methoxy groups -OCH3 is 1. The van der Waals surface area contributed by atoms with Gasteiger partial charge in [0.05, 0.1) is 6.10 Å². The Labute approximate surface area is 193 Å². The van der Waals surface area contributed by atoms with Crippen molar-refractivity contribution < 1.29 is 29.0 Å². The van der Waals surface area contributed by atoms with Gasteiger partial charge in [-0.25, -0.2) is 9.59 Å². The van der Waals surface area contributed by atoms with Crippen molar-refractivity contribution in [3.63, 3.8) is 0 Å². The van der Waals surface area contributed by atoms with Crippen LogP contribution in [0.3, 0.4) is 0 Å². The van der Waals surface area contributed by atoms with Crippen molar-refractivity contribution in [3.8, 4) is 11.1 Å². The molecule has 3 N–H and O–H groups in total. The fourth-order valence-corrected chi connectivity index (χ4v) is 4.06. The first-order chi connectivity index (χ1) is 15.7. The zero-order valence-corrected chi connectivity index (χ0v) is 19.2. The maximum atomic E-state index is 12.8. The first-order valence-corrected chi connectivity index (χ1v) is 10.9. The van der Waals surface area contributed by atoms with Crippen molar-refractivity contribution in [1.29, 1.82) is 0 Å². The molecule has 0 spiro atoms. The Balaban J connectivity index is 1.69. The van der Waals surface area contributed by atoms with E-state index in [9.17, 15) is 19.5 Å². The van der Waals surface area contributed by atoms with Gasteiger partial charge in [0.2, 0.25) is 5.91 Å². The van der Waals surface area contributed by atoms with E-state index < -0.39 is 36.2 Å². The number of ether oxygens (including phenoxy) is 2. The lowest BCUT2D eigenvalue weighted by atomic mass is 9.98. The van der Waals surface area contributed by atoms with E-state index in [1.54, 1.807) is 20.8 Å². The minimum absolute atomic E-state index is 0.0965. The molecule has 1 aliphatic rings. The van der Waals surface area contributed by atoms with E-state index in [1.807, 2.05) is 48.5 Å². The molecular weight excluding hydrogens is 424 g/mol. The van der Waals surface area contributed by atoms with Gasteiger partial charge in [-0.05, 0) is 35.1 Å². The number of aliphatic carboxylic acids is 1. The summed E-state index contributed by atoms with van der Waals surface area (Å²) in [4.78, 5) is 36.8. The minimum Gasteiger partial charge on any atom is -0.480 e. The predicted octanol–water partition coefficient (Wildman–Crippen LogP) is 3.15. The van der Waals surface area contributed by atoms with Crippen molar-refractivity contribution in [2.45, 2.75) is 44.9 Å². The van der Waals surface area contributed by atoms with Crippen LogP contribution in [0.5, 0.6) is 0 Å². The van der Waals surface area contributed by atoms with Crippen LogP contribution >= 0.6 is 0 Å². The Morgan fingerprint density at radius 1 is 0.909 bits per heavy atom. The molecule has 0 radical (unpaired) electrons. The number of hydrogen-bond acceptors (Lipinski definition) is 5. The normalized spacial score (nSPS) is 15.2. The lowest BCUT2D eigenvalue weighted by Crippen LogP contribution is -2.57. The fraction of sp³-hybridized carbons (Fsp3) is 0.400. The molecule has 8 nitrogen and oxygen atoms in total. The van der Waals surface area contributed by atoms with Crippen LogP contribution < -0.4 is 10.6 Å². The molecule has 2 aromatic rings. The van der Waals surface area contributed by atoms with Gasteiger partial charge < -0.3 is 25.2 Å². The quantitative estimate of drug-likeness (QED) is 0.536. The third kappa shape index (κ3) is 5.34. The Kier molecular flexibility index (Phi) is 7.71. The summed E-state index contributed by atoms with van der Waals surface area (Å²) in [5.74, 6) is -2.26. The number of fused-ring (bicyclic) bond motifs is 3. The second kappa shape index (κ2) is 10.5. The van der Waals surface area contributed by atoms with Crippen LogP contribution in [0.2, 0.25) is 0 Å². The first-order valence-electron chi connectivity index (χ1n) is 10.9. The third-order valence-corrected chi connectivity index (χ3v) is 5.97. The van der Waals surface area contributed by atoms with Crippen LogP contribution in [0.4, 0.5) is 4.79 Å². The fourth-order valence-electron chi connectivity index (χ4n) is 4.06. The molecule has 2 amide bonds. The van der Waals surface area contributed by atoms with Crippen molar-refractivity contribution in [2.24, 2.45) is 5.92 Å². The molecule has 33 heavy (non-hydrogen) atoms. The molecule has 8 heteroatoms. The second-order valence-electron chi connectivity index (χ2n) is 8.46. The molecule has 1 aliphatic carbocycles. The molecule has 0 heterocycles.